The minimum Gasteiger partial charge on any atom is -0.373 e. The van der Waals surface area contributed by atoms with Gasteiger partial charge in [0.2, 0.25) is 0 Å². The minimum atomic E-state index is 0. The highest BCUT2D eigenvalue weighted by atomic mass is 127. The Labute approximate surface area is 195 Å². The lowest BCUT2D eigenvalue weighted by Gasteiger charge is -2.32. The fourth-order valence-corrected chi connectivity index (χ4v) is 4.40. The number of nitrogens with one attached hydrogen (secondary N) is 2. The number of thiazole rings is 1. The molecule has 2 N–H and O–H groups in total. The topological polar surface area (TPSA) is 58.5 Å². The smallest absolute Gasteiger partial charge is 0.191 e. The van der Waals surface area contributed by atoms with Crippen molar-refractivity contribution < 1.29 is 4.74 Å². The first-order valence-electron chi connectivity index (χ1n) is 10.3. The first-order valence-corrected chi connectivity index (χ1v) is 11.1. The fraction of sp³-hybridized carbons (Fsp3) is 0.545. The van der Waals surface area contributed by atoms with Gasteiger partial charge in [-0.3, -0.25) is 4.99 Å². The second-order valence-electron chi connectivity index (χ2n) is 7.31. The molecule has 1 aromatic heterocycles. The quantitative estimate of drug-likeness (QED) is 0.316. The van der Waals surface area contributed by atoms with Gasteiger partial charge in [-0.15, -0.1) is 35.3 Å². The molecule has 0 spiro atoms. The van der Waals surface area contributed by atoms with Crippen LogP contribution < -0.4 is 10.6 Å². The highest BCUT2D eigenvalue weighted by Gasteiger charge is 2.27. The number of aliphatic imine (C=N–C) groups is 1. The molecule has 7 heteroatoms. The molecule has 2 unspecified atom stereocenters. The lowest BCUT2D eigenvalue weighted by atomic mass is 9.89. The second-order valence-corrected chi connectivity index (χ2v) is 8.51. The van der Waals surface area contributed by atoms with Gasteiger partial charge in [-0.25, -0.2) is 4.98 Å². The van der Waals surface area contributed by atoms with Gasteiger partial charge in [0.05, 0.1) is 11.1 Å². The van der Waals surface area contributed by atoms with Gasteiger partial charge in [0, 0.05) is 50.2 Å². The minimum absolute atomic E-state index is 0. The Morgan fingerprint density at radius 2 is 2.07 bits per heavy atom. The van der Waals surface area contributed by atoms with E-state index >= 15 is 0 Å². The number of benzene rings is 1. The molecule has 2 heterocycles. The molecule has 0 amide bonds. The molecule has 1 fully saturated rings. The standard InChI is InChI=1S/C22H32N4OS.HI/c1-4-19-15-25-20(28-19)11-12-24-22(23-3)26-14-18-6-5-13-27-21(18)17-9-7-16(2)8-10-17;/h7-10,15,18,21H,4-6,11-14H2,1-3H3,(H2,23,24,26);1H. The fourth-order valence-electron chi connectivity index (χ4n) is 3.54. The number of halogens is 1. The Morgan fingerprint density at radius 3 is 2.76 bits per heavy atom. The van der Waals surface area contributed by atoms with Crippen LogP contribution in [0.2, 0.25) is 0 Å². The van der Waals surface area contributed by atoms with Crippen molar-refractivity contribution in [2.24, 2.45) is 10.9 Å². The Balaban J connectivity index is 0.00000300. The van der Waals surface area contributed by atoms with Gasteiger partial charge in [-0.1, -0.05) is 36.8 Å². The van der Waals surface area contributed by atoms with Crippen LogP contribution in [-0.4, -0.2) is 37.7 Å². The molecule has 5 nitrogen and oxygen atoms in total. The zero-order valence-electron chi connectivity index (χ0n) is 17.6. The first-order chi connectivity index (χ1) is 13.7. The highest BCUT2D eigenvalue weighted by molar-refractivity contribution is 14.0. The normalized spacial score (nSPS) is 19.5. The van der Waals surface area contributed by atoms with Crippen LogP contribution in [0.1, 0.15) is 46.9 Å². The second kappa shape index (κ2) is 12.5. The van der Waals surface area contributed by atoms with Crippen molar-refractivity contribution in [2.45, 2.75) is 45.6 Å². The zero-order valence-corrected chi connectivity index (χ0v) is 20.8. The van der Waals surface area contributed by atoms with Gasteiger partial charge < -0.3 is 15.4 Å². The number of rotatable bonds is 7. The van der Waals surface area contributed by atoms with E-state index in [1.807, 2.05) is 13.2 Å². The van der Waals surface area contributed by atoms with Crippen LogP contribution in [0.3, 0.4) is 0 Å². The molecule has 29 heavy (non-hydrogen) atoms. The molecule has 2 aromatic rings. The molecule has 0 aliphatic carbocycles. The molecule has 0 radical (unpaired) electrons. The molecule has 1 aromatic carbocycles. The van der Waals surface area contributed by atoms with Crippen molar-refractivity contribution in [1.29, 1.82) is 0 Å². The molecule has 2 atom stereocenters. The van der Waals surface area contributed by atoms with E-state index in [4.69, 9.17) is 4.74 Å². The molecular weight excluding hydrogens is 495 g/mol. The highest BCUT2D eigenvalue weighted by Crippen LogP contribution is 2.33. The summed E-state index contributed by atoms with van der Waals surface area (Å²) in [6.07, 6.45) is 6.40. The maximum absolute atomic E-state index is 6.13. The number of hydrogen-bond donors (Lipinski definition) is 2. The molecule has 1 aliphatic heterocycles. The summed E-state index contributed by atoms with van der Waals surface area (Å²) in [6, 6.07) is 8.73. The summed E-state index contributed by atoms with van der Waals surface area (Å²) in [5.74, 6) is 1.29. The largest absolute Gasteiger partial charge is 0.373 e. The summed E-state index contributed by atoms with van der Waals surface area (Å²) in [5, 5.41) is 8.09. The summed E-state index contributed by atoms with van der Waals surface area (Å²) in [7, 11) is 1.82. The molecule has 0 bridgehead atoms. The van der Waals surface area contributed by atoms with E-state index in [1.54, 1.807) is 11.3 Å². The average Bonchev–Trinajstić information content (AvgIpc) is 3.19. The number of ether oxygens (including phenoxy) is 1. The van der Waals surface area contributed by atoms with Crippen LogP contribution in [0.25, 0.3) is 0 Å². The third kappa shape index (κ3) is 7.22. The monoisotopic (exact) mass is 528 g/mol. The van der Waals surface area contributed by atoms with E-state index in [1.165, 1.54) is 27.4 Å². The Morgan fingerprint density at radius 1 is 1.28 bits per heavy atom. The van der Waals surface area contributed by atoms with Crippen LogP contribution in [0, 0.1) is 12.8 Å². The van der Waals surface area contributed by atoms with Gasteiger partial charge in [0.25, 0.3) is 0 Å². The molecule has 1 aliphatic rings. The van der Waals surface area contributed by atoms with Crippen molar-refractivity contribution in [2.75, 3.05) is 26.7 Å². The van der Waals surface area contributed by atoms with Gasteiger partial charge in [-0.2, -0.15) is 0 Å². The summed E-state index contributed by atoms with van der Waals surface area (Å²) >= 11 is 1.80. The predicted molar refractivity (Wildman–Crippen MR) is 133 cm³/mol. The molecule has 160 valence electrons. The van der Waals surface area contributed by atoms with Crippen molar-refractivity contribution in [1.82, 2.24) is 15.6 Å². The van der Waals surface area contributed by atoms with Crippen LogP contribution in [-0.2, 0) is 17.6 Å². The molecule has 0 saturated carbocycles. The van der Waals surface area contributed by atoms with Crippen molar-refractivity contribution in [3.05, 3.63) is 51.5 Å². The van der Waals surface area contributed by atoms with Gasteiger partial charge >= 0.3 is 0 Å². The van der Waals surface area contributed by atoms with Crippen molar-refractivity contribution in [3.63, 3.8) is 0 Å². The molecule has 3 rings (SSSR count). The summed E-state index contributed by atoms with van der Waals surface area (Å²) in [5.41, 5.74) is 2.56. The van der Waals surface area contributed by atoms with E-state index in [0.29, 0.717) is 5.92 Å². The summed E-state index contributed by atoms with van der Waals surface area (Å²) < 4.78 is 6.13. The SMILES string of the molecule is CCc1cnc(CCNC(=NC)NCC2CCCOC2c2ccc(C)cc2)s1.I. The Hall–Kier alpha value is -1.19. The number of nitrogens with zero attached hydrogens (tertiary/aromatic N) is 2. The predicted octanol–water partition coefficient (Wildman–Crippen LogP) is 4.51. The number of hydrogen-bond acceptors (Lipinski definition) is 4. The van der Waals surface area contributed by atoms with Gasteiger partial charge in [-0.05, 0) is 31.7 Å². The van der Waals surface area contributed by atoms with E-state index in [-0.39, 0.29) is 30.1 Å². The lowest BCUT2D eigenvalue weighted by Crippen LogP contribution is -2.42. The third-order valence-electron chi connectivity index (χ3n) is 5.19. The number of guanidine groups is 1. The Kier molecular flexibility index (Phi) is 10.4. The molecular formula is C22H33IN4OS. The average molecular weight is 529 g/mol. The van der Waals surface area contributed by atoms with E-state index < -0.39 is 0 Å². The van der Waals surface area contributed by atoms with E-state index in [0.717, 1.165) is 44.9 Å². The van der Waals surface area contributed by atoms with Crippen LogP contribution in [0.15, 0.2) is 35.5 Å². The van der Waals surface area contributed by atoms with Gasteiger partial charge in [0.1, 0.15) is 0 Å². The third-order valence-corrected chi connectivity index (χ3v) is 6.39. The van der Waals surface area contributed by atoms with Crippen LogP contribution >= 0.6 is 35.3 Å². The van der Waals surface area contributed by atoms with E-state index in [2.05, 4.69) is 58.7 Å². The Bertz CT molecular complexity index is 762. The van der Waals surface area contributed by atoms with Crippen LogP contribution in [0.5, 0.6) is 0 Å². The summed E-state index contributed by atoms with van der Waals surface area (Å²) in [6.45, 7) is 6.82. The summed E-state index contributed by atoms with van der Waals surface area (Å²) in [4.78, 5) is 10.2. The van der Waals surface area contributed by atoms with Crippen LogP contribution in [0.4, 0.5) is 0 Å². The van der Waals surface area contributed by atoms with Crippen molar-refractivity contribution in [3.8, 4) is 0 Å². The van der Waals surface area contributed by atoms with Crippen molar-refractivity contribution >= 4 is 41.3 Å². The zero-order chi connectivity index (χ0) is 19.8. The van der Waals surface area contributed by atoms with Gasteiger partial charge in [0.15, 0.2) is 5.96 Å². The lowest BCUT2D eigenvalue weighted by molar-refractivity contribution is -0.0265. The number of aromatic nitrogens is 1. The first kappa shape index (κ1) is 24.1. The molecule has 1 saturated heterocycles. The van der Waals surface area contributed by atoms with E-state index in [9.17, 15) is 0 Å². The maximum atomic E-state index is 6.13. The number of aryl methyl sites for hydroxylation is 2. The maximum Gasteiger partial charge on any atom is 0.191 e.